The van der Waals surface area contributed by atoms with Crippen LogP contribution in [0.3, 0.4) is 0 Å². The van der Waals surface area contributed by atoms with Crippen molar-refractivity contribution in [2.24, 2.45) is 0 Å². The molecule has 0 spiro atoms. The first-order valence-corrected chi connectivity index (χ1v) is 5.97. The van der Waals surface area contributed by atoms with Crippen LogP contribution >= 0.6 is 0 Å². The predicted octanol–water partition coefficient (Wildman–Crippen LogP) is 1.95. The van der Waals surface area contributed by atoms with Crippen LogP contribution in [-0.2, 0) is 0 Å². The van der Waals surface area contributed by atoms with Gasteiger partial charge in [0, 0.05) is 24.2 Å². The molecule has 0 aromatic heterocycles. The van der Waals surface area contributed by atoms with E-state index in [1.807, 2.05) is 0 Å². The summed E-state index contributed by atoms with van der Waals surface area (Å²) in [6.07, 6.45) is 4.16. The Kier molecular flexibility index (Phi) is 2.61. The molecule has 0 aliphatic carbocycles. The van der Waals surface area contributed by atoms with Gasteiger partial charge in [-0.3, -0.25) is 4.90 Å². The van der Waals surface area contributed by atoms with E-state index in [0.29, 0.717) is 5.54 Å². The molecule has 2 fully saturated rings. The van der Waals surface area contributed by atoms with Crippen molar-refractivity contribution < 1.29 is 0 Å². The first-order chi connectivity index (χ1) is 6.50. The smallest absolute Gasteiger partial charge is 0.0260 e. The van der Waals surface area contributed by atoms with E-state index in [2.05, 4.69) is 37.6 Å². The monoisotopic (exact) mass is 196 g/mol. The van der Waals surface area contributed by atoms with Crippen molar-refractivity contribution in [2.75, 3.05) is 20.1 Å². The van der Waals surface area contributed by atoms with Crippen molar-refractivity contribution >= 4 is 0 Å². The Morgan fingerprint density at radius 3 is 2.36 bits per heavy atom. The Morgan fingerprint density at radius 2 is 1.71 bits per heavy atom. The van der Waals surface area contributed by atoms with Crippen LogP contribution < -0.4 is 0 Å². The van der Waals surface area contributed by atoms with E-state index < -0.39 is 0 Å². The number of likely N-dealkylation sites (tertiary alicyclic amines) is 2. The van der Waals surface area contributed by atoms with E-state index in [1.54, 1.807) is 0 Å². The maximum Gasteiger partial charge on any atom is 0.0260 e. The fourth-order valence-corrected chi connectivity index (χ4v) is 3.25. The number of rotatable bonds is 0. The van der Waals surface area contributed by atoms with Gasteiger partial charge in [-0.25, -0.2) is 0 Å². The molecule has 2 saturated heterocycles. The molecule has 0 radical (unpaired) electrons. The number of likely N-dealkylation sites (N-methyl/N-ethyl adjacent to an activating group) is 1. The minimum absolute atomic E-state index is 0.359. The molecule has 2 heteroatoms. The summed E-state index contributed by atoms with van der Waals surface area (Å²) in [5.74, 6) is 0. The lowest BCUT2D eigenvalue weighted by atomic mass is 9.95. The molecule has 2 heterocycles. The summed E-state index contributed by atoms with van der Waals surface area (Å²) >= 11 is 0. The van der Waals surface area contributed by atoms with Crippen molar-refractivity contribution in [3.05, 3.63) is 0 Å². The standard InChI is InChI=1S/C12H24N2/c1-12(2,3)14-9-7-10-11(14)6-5-8-13(10)4/h10-11H,5-9H2,1-4H3/t10-,11-/m1/s1. The van der Waals surface area contributed by atoms with Gasteiger partial charge >= 0.3 is 0 Å². The zero-order chi connectivity index (χ0) is 10.3. The highest BCUT2D eigenvalue weighted by Crippen LogP contribution is 2.34. The molecule has 0 unspecified atom stereocenters. The fourth-order valence-electron chi connectivity index (χ4n) is 3.25. The molecule has 2 rings (SSSR count). The summed E-state index contributed by atoms with van der Waals surface area (Å²) in [5.41, 5.74) is 0.359. The second-order valence-electron chi connectivity index (χ2n) is 5.91. The number of hydrogen-bond donors (Lipinski definition) is 0. The molecule has 0 aromatic carbocycles. The van der Waals surface area contributed by atoms with E-state index >= 15 is 0 Å². The van der Waals surface area contributed by atoms with Gasteiger partial charge in [0.2, 0.25) is 0 Å². The number of fused-ring (bicyclic) bond motifs is 1. The Labute approximate surface area is 88.3 Å². The van der Waals surface area contributed by atoms with Gasteiger partial charge in [-0.1, -0.05) is 0 Å². The molecule has 2 aliphatic rings. The van der Waals surface area contributed by atoms with Gasteiger partial charge in [0.25, 0.3) is 0 Å². The van der Waals surface area contributed by atoms with E-state index in [-0.39, 0.29) is 0 Å². The number of piperidine rings is 1. The first-order valence-electron chi connectivity index (χ1n) is 5.97. The normalized spacial score (nSPS) is 36.0. The Balaban J connectivity index is 2.11. The van der Waals surface area contributed by atoms with Crippen LogP contribution in [0.5, 0.6) is 0 Å². The minimum atomic E-state index is 0.359. The molecule has 0 aromatic rings. The van der Waals surface area contributed by atoms with Gasteiger partial charge in [0.05, 0.1) is 0 Å². The Bertz CT molecular complexity index is 207. The van der Waals surface area contributed by atoms with Gasteiger partial charge in [0.1, 0.15) is 0 Å². The molecule has 2 nitrogen and oxygen atoms in total. The zero-order valence-electron chi connectivity index (χ0n) is 10.1. The van der Waals surface area contributed by atoms with Crippen molar-refractivity contribution in [3.63, 3.8) is 0 Å². The lowest BCUT2D eigenvalue weighted by molar-refractivity contribution is 0.0603. The molecule has 0 bridgehead atoms. The lowest BCUT2D eigenvalue weighted by Gasteiger charge is -2.43. The average molecular weight is 196 g/mol. The average Bonchev–Trinajstić information content (AvgIpc) is 2.47. The molecule has 82 valence electrons. The summed E-state index contributed by atoms with van der Waals surface area (Å²) in [4.78, 5) is 5.28. The summed E-state index contributed by atoms with van der Waals surface area (Å²) < 4.78 is 0. The third-order valence-electron chi connectivity index (χ3n) is 3.95. The highest BCUT2D eigenvalue weighted by atomic mass is 15.3. The zero-order valence-corrected chi connectivity index (χ0v) is 10.1. The van der Waals surface area contributed by atoms with E-state index in [9.17, 15) is 0 Å². The van der Waals surface area contributed by atoms with E-state index in [0.717, 1.165) is 12.1 Å². The molecule has 0 saturated carbocycles. The number of hydrogen-bond acceptors (Lipinski definition) is 2. The second-order valence-corrected chi connectivity index (χ2v) is 5.91. The largest absolute Gasteiger partial charge is 0.302 e. The quantitative estimate of drug-likeness (QED) is 0.584. The van der Waals surface area contributed by atoms with Crippen molar-refractivity contribution in [2.45, 2.75) is 57.7 Å². The molecule has 2 aliphatic heterocycles. The SMILES string of the molecule is CN1CCC[C@@H]2[C@H]1CCN2C(C)(C)C. The van der Waals surface area contributed by atoms with Crippen LogP contribution in [-0.4, -0.2) is 47.6 Å². The molecule has 14 heavy (non-hydrogen) atoms. The second kappa shape index (κ2) is 3.49. The molecule has 0 amide bonds. The van der Waals surface area contributed by atoms with Gasteiger partial charge in [-0.05, 0) is 53.6 Å². The molecular formula is C12H24N2. The van der Waals surface area contributed by atoms with E-state index in [1.165, 1.54) is 32.4 Å². The van der Waals surface area contributed by atoms with Crippen molar-refractivity contribution in [1.82, 2.24) is 9.80 Å². The summed E-state index contributed by atoms with van der Waals surface area (Å²) in [7, 11) is 2.29. The molecule has 2 atom stereocenters. The topological polar surface area (TPSA) is 6.48 Å². The van der Waals surface area contributed by atoms with Crippen LogP contribution in [0.15, 0.2) is 0 Å². The maximum atomic E-state index is 2.72. The third-order valence-corrected chi connectivity index (χ3v) is 3.95. The predicted molar refractivity (Wildman–Crippen MR) is 60.5 cm³/mol. The van der Waals surface area contributed by atoms with Crippen LogP contribution in [0, 0.1) is 0 Å². The van der Waals surface area contributed by atoms with Crippen molar-refractivity contribution in [1.29, 1.82) is 0 Å². The minimum Gasteiger partial charge on any atom is -0.302 e. The third kappa shape index (κ3) is 1.70. The van der Waals surface area contributed by atoms with Gasteiger partial charge < -0.3 is 4.90 Å². The fraction of sp³-hybridized carbons (Fsp3) is 1.00. The number of nitrogens with zero attached hydrogens (tertiary/aromatic N) is 2. The Hall–Kier alpha value is -0.0800. The maximum absolute atomic E-state index is 2.72. The Morgan fingerprint density at radius 1 is 1.00 bits per heavy atom. The molecular weight excluding hydrogens is 172 g/mol. The van der Waals surface area contributed by atoms with E-state index in [4.69, 9.17) is 0 Å². The summed E-state index contributed by atoms with van der Waals surface area (Å²) in [5, 5.41) is 0. The van der Waals surface area contributed by atoms with Crippen LogP contribution in [0.1, 0.15) is 40.0 Å². The van der Waals surface area contributed by atoms with Crippen LogP contribution in [0.4, 0.5) is 0 Å². The lowest BCUT2D eigenvalue weighted by Crippen LogP contribution is -2.52. The van der Waals surface area contributed by atoms with Gasteiger partial charge in [0.15, 0.2) is 0 Å². The van der Waals surface area contributed by atoms with Crippen LogP contribution in [0.25, 0.3) is 0 Å². The summed E-state index contributed by atoms with van der Waals surface area (Å²) in [6, 6.07) is 1.66. The van der Waals surface area contributed by atoms with Gasteiger partial charge in [-0.15, -0.1) is 0 Å². The molecule has 0 N–H and O–H groups in total. The first kappa shape index (κ1) is 10.4. The summed E-state index contributed by atoms with van der Waals surface area (Å²) in [6.45, 7) is 9.65. The van der Waals surface area contributed by atoms with Gasteiger partial charge in [-0.2, -0.15) is 0 Å². The van der Waals surface area contributed by atoms with Crippen molar-refractivity contribution in [3.8, 4) is 0 Å². The highest BCUT2D eigenvalue weighted by Gasteiger charge is 2.42. The van der Waals surface area contributed by atoms with Crippen LogP contribution in [0.2, 0.25) is 0 Å². The highest BCUT2D eigenvalue weighted by molar-refractivity contribution is 4.99.